The number of carbonyl (C=O) groups is 1. The van der Waals surface area contributed by atoms with Crippen LogP contribution >= 0.6 is 0 Å². The minimum Gasteiger partial charge on any atom is -0.379 e. The number of ether oxygens (including phenoxy) is 1. The van der Waals surface area contributed by atoms with Crippen LogP contribution in [0.25, 0.3) is 0 Å². The first-order valence-electron chi connectivity index (χ1n) is 10.9. The average molecular weight is 414 g/mol. The van der Waals surface area contributed by atoms with Crippen LogP contribution in [-0.2, 0) is 11.3 Å². The van der Waals surface area contributed by atoms with Gasteiger partial charge in [-0.25, -0.2) is 0 Å². The van der Waals surface area contributed by atoms with Gasteiger partial charge in [-0.3, -0.25) is 19.4 Å². The van der Waals surface area contributed by atoms with E-state index in [4.69, 9.17) is 4.74 Å². The highest BCUT2D eigenvalue weighted by atomic mass is 16.5. The Bertz CT molecular complexity index is 786. The van der Waals surface area contributed by atoms with Gasteiger partial charge in [0.05, 0.1) is 32.0 Å². The fourth-order valence-electron chi connectivity index (χ4n) is 4.15. The monoisotopic (exact) mass is 413 g/mol. The molecule has 2 aliphatic heterocycles. The molecule has 9 nitrogen and oxygen atoms in total. The summed E-state index contributed by atoms with van der Waals surface area (Å²) in [7, 11) is 0. The summed E-state index contributed by atoms with van der Waals surface area (Å²) < 4.78 is 7.25. The van der Waals surface area contributed by atoms with E-state index >= 15 is 0 Å². The zero-order valence-corrected chi connectivity index (χ0v) is 17.4. The second-order valence-corrected chi connectivity index (χ2v) is 7.92. The predicted octanol–water partition coefficient (Wildman–Crippen LogP) is 0.962. The minimum atomic E-state index is -0.188. The van der Waals surface area contributed by atoms with Crippen molar-refractivity contribution in [1.82, 2.24) is 35.1 Å². The Morgan fingerprint density at radius 2 is 1.83 bits per heavy atom. The molecule has 2 aromatic rings. The standard InChI is InChI=1S/C21H31N7O2/c29-21(19-17-28(25-24-19)11-10-26-8-2-1-3-9-26)23-16-20(18-4-6-22-7-5-18)27-12-14-30-15-13-27/h4-7,17,20H,1-3,8-16H2,(H,23,29)/t20-/m1/s1. The number of carbonyl (C=O) groups excluding carboxylic acids is 1. The van der Waals surface area contributed by atoms with Crippen molar-refractivity contribution in [2.75, 3.05) is 52.5 Å². The van der Waals surface area contributed by atoms with E-state index in [1.807, 2.05) is 12.1 Å². The third-order valence-corrected chi connectivity index (χ3v) is 5.90. The predicted molar refractivity (Wildman–Crippen MR) is 112 cm³/mol. The summed E-state index contributed by atoms with van der Waals surface area (Å²) in [6.07, 6.45) is 9.20. The molecule has 1 N–H and O–H groups in total. The van der Waals surface area contributed by atoms with E-state index in [1.165, 1.54) is 19.3 Å². The van der Waals surface area contributed by atoms with Crippen molar-refractivity contribution >= 4 is 5.91 Å². The molecule has 2 aliphatic rings. The first kappa shape index (κ1) is 20.9. The molecule has 30 heavy (non-hydrogen) atoms. The Morgan fingerprint density at radius 3 is 2.60 bits per heavy atom. The lowest BCUT2D eigenvalue weighted by molar-refractivity contribution is 0.0162. The number of amides is 1. The van der Waals surface area contributed by atoms with Gasteiger partial charge in [0.15, 0.2) is 5.69 Å². The second-order valence-electron chi connectivity index (χ2n) is 7.92. The topological polar surface area (TPSA) is 88.4 Å². The molecule has 4 heterocycles. The summed E-state index contributed by atoms with van der Waals surface area (Å²) in [6.45, 7) is 7.62. The molecule has 0 saturated carbocycles. The van der Waals surface area contributed by atoms with Crippen LogP contribution in [0, 0.1) is 0 Å². The number of hydrogen-bond donors (Lipinski definition) is 1. The van der Waals surface area contributed by atoms with Crippen LogP contribution in [0.15, 0.2) is 30.7 Å². The highest BCUT2D eigenvalue weighted by Crippen LogP contribution is 2.20. The number of nitrogens with one attached hydrogen (secondary N) is 1. The number of pyridine rings is 1. The third kappa shape index (κ3) is 5.62. The maximum Gasteiger partial charge on any atom is 0.273 e. The number of morpholine rings is 1. The molecular weight excluding hydrogens is 382 g/mol. The normalized spacial score (nSPS) is 19.5. The van der Waals surface area contributed by atoms with Gasteiger partial charge < -0.3 is 15.0 Å². The van der Waals surface area contributed by atoms with Crippen LogP contribution in [-0.4, -0.2) is 88.2 Å². The van der Waals surface area contributed by atoms with E-state index < -0.39 is 0 Å². The first-order valence-corrected chi connectivity index (χ1v) is 10.9. The molecule has 4 rings (SSSR count). The van der Waals surface area contributed by atoms with Crippen molar-refractivity contribution < 1.29 is 9.53 Å². The Labute approximate surface area is 177 Å². The largest absolute Gasteiger partial charge is 0.379 e. The molecule has 0 aliphatic carbocycles. The summed E-state index contributed by atoms with van der Waals surface area (Å²) in [5.41, 5.74) is 1.50. The number of likely N-dealkylation sites (tertiary alicyclic amines) is 1. The SMILES string of the molecule is O=C(NC[C@H](c1ccncc1)N1CCOCC1)c1cn(CCN2CCCCC2)nn1. The molecule has 1 amide bonds. The Hall–Kier alpha value is -2.36. The zero-order chi connectivity index (χ0) is 20.6. The summed E-state index contributed by atoms with van der Waals surface area (Å²) >= 11 is 0. The molecule has 0 spiro atoms. The summed E-state index contributed by atoms with van der Waals surface area (Å²) in [6, 6.07) is 4.08. The molecule has 2 aromatic heterocycles. The van der Waals surface area contributed by atoms with Crippen LogP contribution in [0.2, 0.25) is 0 Å². The van der Waals surface area contributed by atoms with Crippen LogP contribution in [0.1, 0.15) is 41.4 Å². The highest BCUT2D eigenvalue weighted by Gasteiger charge is 2.24. The lowest BCUT2D eigenvalue weighted by Crippen LogP contribution is -2.43. The van der Waals surface area contributed by atoms with Crippen molar-refractivity contribution in [3.05, 3.63) is 42.0 Å². The van der Waals surface area contributed by atoms with E-state index in [9.17, 15) is 4.79 Å². The molecule has 2 saturated heterocycles. The van der Waals surface area contributed by atoms with Crippen molar-refractivity contribution in [1.29, 1.82) is 0 Å². The van der Waals surface area contributed by atoms with Gasteiger partial charge in [-0.05, 0) is 43.6 Å². The number of hydrogen-bond acceptors (Lipinski definition) is 7. The van der Waals surface area contributed by atoms with Gasteiger partial charge in [-0.2, -0.15) is 0 Å². The van der Waals surface area contributed by atoms with Gasteiger partial charge in [0.1, 0.15) is 0 Å². The maximum atomic E-state index is 12.7. The molecule has 0 aromatic carbocycles. The molecule has 9 heteroatoms. The summed E-state index contributed by atoms with van der Waals surface area (Å²) in [4.78, 5) is 21.6. The van der Waals surface area contributed by atoms with Crippen molar-refractivity contribution in [3.63, 3.8) is 0 Å². The van der Waals surface area contributed by atoms with E-state index in [0.717, 1.165) is 44.8 Å². The highest BCUT2D eigenvalue weighted by molar-refractivity contribution is 5.91. The van der Waals surface area contributed by atoms with Crippen molar-refractivity contribution in [3.8, 4) is 0 Å². The molecule has 162 valence electrons. The summed E-state index contributed by atoms with van der Waals surface area (Å²) in [5, 5.41) is 11.3. The maximum absolute atomic E-state index is 12.7. The average Bonchev–Trinajstić information content (AvgIpc) is 3.29. The van der Waals surface area contributed by atoms with Crippen LogP contribution in [0.5, 0.6) is 0 Å². The summed E-state index contributed by atoms with van der Waals surface area (Å²) in [5.74, 6) is -0.188. The Balaban J connectivity index is 1.32. The Morgan fingerprint density at radius 1 is 1.07 bits per heavy atom. The van der Waals surface area contributed by atoms with Gasteiger partial charge >= 0.3 is 0 Å². The number of rotatable bonds is 8. The lowest BCUT2D eigenvalue weighted by Gasteiger charge is -2.34. The number of aromatic nitrogens is 4. The molecule has 2 fully saturated rings. The molecule has 0 unspecified atom stereocenters. The van der Waals surface area contributed by atoms with Gasteiger partial charge in [0.2, 0.25) is 0 Å². The molecular formula is C21H31N7O2. The molecule has 1 atom stereocenters. The first-order chi connectivity index (χ1) is 14.8. The molecule has 0 bridgehead atoms. The number of nitrogens with zero attached hydrogens (tertiary/aromatic N) is 6. The number of piperidine rings is 1. The van der Waals surface area contributed by atoms with E-state index in [1.54, 1.807) is 23.3 Å². The van der Waals surface area contributed by atoms with Crippen molar-refractivity contribution in [2.24, 2.45) is 0 Å². The molecule has 0 radical (unpaired) electrons. The lowest BCUT2D eigenvalue weighted by atomic mass is 10.1. The second kappa shape index (κ2) is 10.6. The Kier molecular flexibility index (Phi) is 7.39. The van der Waals surface area contributed by atoms with E-state index in [-0.39, 0.29) is 11.9 Å². The quantitative estimate of drug-likeness (QED) is 0.690. The van der Waals surface area contributed by atoms with Crippen LogP contribution in [0.3, 0.4) is 0 Å². The van der Waals surface area contributed by atoms with Crippen molar-refractivity contribution in [2.45, 2.75) is 31.8 Å². The van der Waals surface area contributed by atoms with Gasteiger partial charge in [0.25, 0.3) is 5.91 Å². The zero-order valence-electron chi connectivity index (χ0n) is 17.4. The van der Waals surface area contributed by atoms with Gasteiger partial charge in [-0.15, -0.1) is 5.10 Å². The van der Waals surface area contributed by atoms with E-state index in [2.05, 4.69) is 30.4 Å². The smallest absolute Gasteiger partial charge is 0.273 e. The fourth-order valence-corrected chi connectivity index (χ4v) is 4.15. The fraction of sp³-hybridized carbons (Fsp3) is 0.619. The minimum absolute atomic E-state index is 0.0787. The van der Waals surface area contributed by atoms with Crippen LogP contribution < -0.4 is 5.32 Å². The van der Waals surface area contributed by atoms with Gasteiger partial charge in [0, 0.05) is 38.6 Å². The van der Waals surface area contributed by atoms with Gasteiger partial charge in [-0.1, -0.05) is 11.6 Å². The third-order valence-electron chi connectivity index (χ3n) is 5.90. The van der Waals surface area contributed by atoms with E-state index in [0.29, 0.717) is 25.5 Å². The van der Waals surface area contributed by atoms with Crippen LogP contribution in [0.4, 0.5) is 0 Å².